The van der Waals surface area contributed by atoms with Gasteiger partial charge >= 0.3 is 19.8 Å². The molecule has 292 valence electrons. The highest BCUT2D eigenvalue weighted by Crippen LogP contribution is 2.43. The van der Waals surface area contributed by atoms with Crippen LogP contribution >= 0.6 is 7.82 Å². The van der Waals surface area contributed by atoms with Crippen molar-refractivity contribution in [1.29, 1.82) is 0 Å². The number of phosphoric ester groups is 1. The van der Waals surface area contributed by atoms with Crippen LogP contribution in [0.4, 0.5) is 0 Å². The molecule has 0 radical (unpaired) electrons. The van der Waals surface area contributed by atoms with Gasteiger partial charge in [-0.15, -0.1) is 0 Å². The first-order chi connectivity index (χ1) is 24.3. The minimum absolute atomic E-state index is 0.0461. The number of nitrogens with two attached hydrogens (primary N) is 1. The summed E-state index contributed by atoms with van der Waals surface area (Å²) in [7, 11) is -4.38. The molecule has 1 unspecified atom stereocenters. The lowest BCUT2D eigenvalue weighted by Crippen LogP contribution is -2.29. The van der Waals surface area contributed by atoms with Gasteiger partial charge in [0.2, 0.25) is 0 Å². The first-order valence-corrected chi connectivity index (χ1v) is 21.5. The van der Waals surface area contributed by atoms with Crippen molar-refractivity contribution in [2.24, 2.45) is 5.73 Å². The van der Waals surface area contributed by atoms with E-state index in [2.05, 4.69) is 44.2 Å². The highest BCUT2D eigenvalue weighted by atomic mass is 31.2. The molecule has 0 aliphatic heterocycles. The maximum Gasteiger partial charge on any atom is 0.472 e. The molecule has 0 saturated carbocycles. The SMILES string of the molecule is CCCCCCCCC=CCC=CCC=CCCCC(=O)O[C@H](COC(=O)CCCCCCCCCCCCCC)COP(=O)(O)OCCN. The molecule has 2 atom stereocenters. The van der Waals surface area contributed by atoms with Crippen LogP contribution in [0.25, 0.3) is 0 Å². The summed E-state index contributed by atoms with van der Waals surface area (Å²) in [5.41, 5.74) is 5.33. The van der Waals surface area contributed by atoms with Crippen molar-refractivity contribution in [3.63, 3.8) is 0 Å². The Morgan fingerprint density at radius 2 is 1.06 bits per heavy atom. The van der Waals surface area contributed by atoms with Gasteiger partial charge in [0.1, 0.15) is 6.61 Å². The van der Waals surface area contributed by atoms with E-state index in [4.69, 9.17) is 24.3 Å². The number of rotatable bonds is 37. The van der Waals surface area contributed by atoms with Crippen LogP contribution in [-0.2, 0) is 32.7 Å². The highest BCUT2D eigenvalue weighted by Gasteiger charge is 2.25. The summed E-state index contributed by atoms with van der Waals surface area (Å²) in [4.78, 5) is 34.7. The summed E-state index contributed by atoms with van der Waals surface area (Å²) < 4.78 is 32.6. The van der Waals surface area contributed by atoms with E-state index in [1.807, 2.05) is 6.08 Å². The molecule has 0 bridgehead atoms. The van der Waals surface area contributed by atoms with E-state index in [9.17, 15) is 19.0 Å². The molecule has 0 aromatic heterocycles. The monoisotopic (exact) mass is 728 g/mol. The zero-order valence-electron chi connectivity index (χ0n) is 31.9. The minimum Gasteiger partial charge on any atom is -0.462 e. The third-order valence-corrected chi connectivity index (χ3v) is 9.26. The number of esters is 2. The van der Waals surface area contributed by atoms with Gasteiger partial charge in [0.15, 0.2) is 6.10 Å². The molecule has 0 rings (SSSR count). The van der Waals surface area contributed by atoms with Crippen molar-refractivity contribution in [1.82, 2.24) is 0 Å². The van der Waals surface area contributed by atoms with E-state index in [1.165, 1.54) is 96.3 Å². The van der Waals surface area contributed by atoms with E-state index in [0.717, 1.165) is 44.9 Å². The van der Waals surface area contributed by atoms with Gasteiger partial charge < -0.3 is 20.1 Å². The molecule has 0 amide bonds. The van der Waals surface area contributed by atoms with Gasteiger partial charge in [-0.3, -0.25) is 18.6 Å². The van der Waals surface area contributed by atoms with Crippen LogP contribution in [0.15, 0.2) is 36.5 Å². The van der Waals surface area contributed by atoms with Crippen LogP contribution in [0.3, 0.4) is 0 Å². The fourth-order valence-corrected chi connectivity index (χ4v) is 6.06. The predicted molar refractivity (Wildman–Crippen MR) is 206 cm³/mol. The topological polar surface area (TPSA) is 134 Å². The fraction of sp³-hybridized carbons (Fsp3) is 0.800. The zero-order chi connectivity index (χ0) is 36.8. The Labute approximate surface area is 305 Å². The number of phosphoric acid groups is 1. The number of carbonyl (C=O) groups excluding carboxylic acids is 2. The van der Waals surface area contributed by atoms with Crippen molar-refractivity contribution in [3.05, 3.63) is 36.5 Å². The molecule has 10 heteroatoms. The number of carbonyl (C=O) groups is 2. The van der Waals surface area contributed by atoms with Gasteiger partial charge in [0.25, 0.3) is 0 Å². The van der Waals surface area contributed by atoms with Crippen molar-refractivity contribution in [2.75, 3.05) is 26.4 Å². The standard InChI is InChI=1S/C40H74NO8P/c1-3-5-7-9-11-13-15-17-18-19-20-21-23-25-27-29-31-33-40(43)49-38(37-48-50(44,45)47-35-34-41)36-46-39(42)32-30-28-26-24-22-16-14-12-10-8-6-4-2/h17-18,20-21,25,27,38H,3-16,19,22-24,26,28-37,41H2,1-2H3,(H,44,45)/t38-/m1/s1. The summed E-state index contributed by atoms with van der Waals surface area (Å²) in [5.74, 6) is -0.889. The Kier molecular flexibility index (Phi) is 35.7. The largest absolute Gasteiger partial charge is 0.472 e. The first kappa shape index (κ1) is 48.2. The Morgan fingerprint density at radius 3 is 1.60 bits per heavy atom. The molecular weight excluding hydrogens is 653 g/mol. The van der Waals surface area contributed by atoms with Crippen LogP contribution in [0.2, 0.25) is 0 Å². The molecule has 0 aromatic carbocycles. The Bertz CT molecular complexity index is 923. The molecule has 0 heterocycles. The average molecular weight is 728 g/mol. The molecule has 0 aromatic rings. The van der Waals surface area contributed by atoms with E-state index in [-0.39, 0.29) is 32.6 Å². The molecule has 3 N–H and O–H groups in total. The summed E-state index contributed by atoms with van der Waals surface area (Å²) in [6, 6.07) is 0. The van der Waals surface area contributed by atoms with Gasteiger partial charge in [-0.2, -0.15) is 0 Å². The second-order valence-corrected chi connectivity index (χ2v) is 14.6. The second kappa shape index (κ2) is 37.0. The molecule has 0 fully saturated rings. The number of ether oxygens (including phenoxy) is 2. The summed E-state index contributed by atoms with van der Waals surface area (Å²) >= 11 is 0. The van der Waals surface area contributed by atoms with Gasteiger partial charge in [0.05, 0.1) is 13.2 Å². The van der Waals surface area contributed by atoms with Crippen LogP contribution in [0.5, 0.6) is 0 Å². The Hall–Kier alpha value is -1.77. The summed E-state index contributed by atoms with van der Waals surface area (Å²) in [6.07, 6.45) is 39.0. The van der Waals surface area contributed by atoms with E-state index in [0.29, 0.717) is 6.42 Å². The van der Waals surface area contributed by atoms with Crippen LogP contribution in [0.1, 0.15) is 174 Å². The molecule has 50 heavy (non-hydrogen) atoms. The molecule has 0 spiro atoms. The number of hydrogen-bond donors (Lipinski definition) is 2. The predicted octanol–water partition coefficient (Wildman–Crippen LogP) is 11.0. The smallest absolute Gasteiger partial charge is 0.462 e. The Morgan fingerprint density at radius 1 is 0.600 bits per heavy atom. The lowest BCUT2D eigenvalue weighted by Gasteiger charge is -2.19. The molecule has 9 nitrogen and oxygen atoms in total. The summed E-state index contributed by atoms with van der Waals surface area (Å²) in [6.45, 7) is 3.66. The molecule has 0 saturated heterocycles. The summed E-state index contributed by atoms with van der Waals surface area (Å²) in [5, 5.41) is 0. The van der Waals surface area contributed by atoms with Gasteiger partial charge in [-0.25, -0.2) is 4.57 Å². The van der Waals surface area contributed by atoms with Crippen LogP contribution in [0, 0.1) is 0 Å². The van der Waals surface area contributed by atoms with E-state index >= 15 is 0 Å². The van der Waals surface area contributed by atoms with Gasteiger partial charge in [-0.1, -0.05) is 153 Å². The normalized spacial score (nSPS) is 13.8. The maximum atomic E-state index is 12.5. The quantitative estimate of drug-likeness (QED) is 0.0277. The lowest BCUT2D eigenvalue weighted by molar-refractivity contribution is -0.161. The van der Waals surface area contributed by atoms with Crippen molar-refractivity contribution >= 4 is 19.8 Å². The third kappa shape index (κ3) is 36.0. The third-order valence-electron chi connectivity index (χ3n) is 8.28. The highest BCUT2D eigenvalue weighted by molar-refractivity contribution is 7.47. The van der Waals surface area contributed by atoms with Gasteiger partial charge in [-0.05, 0) is 44.9 Å². The van der Waals surface area contributed by atoms with Crippen molar-refractivity contribution in [2.45, 2.75) is 180 Å². The Balaban J connectivity index is 4.29. The van der Waals surface area contributed by atoms with E-state index < -0.39 is 32.5 Å². The first-order valence-electron chi connectivity index (χ1n) is 20.0. The average Bonchev–Trinajstić information content (AvgIpc) is 3.10. The molecule has 0 aliphatic rings. The molecule has 0 aliphatic carbocycles. The maximum absolute atomic E-state index is 12.5. The van der Waals surface area contributed by atoms with E-state index in [1.54, 1.807) is 0 Å². The van der Waals surface area contributed by atoms with Crippen molar-refractivity contribution in [3.8, 4) is 0 Å². The fourth-order valence-electron chi connectivity index (χ4n) is 5.30. The number of allylic oxidation sites excluding steroid dienone is 6. The second-order valence-electron chi connectivity index (χ2n) is 13.2. The molecular formula is C40H74NO8P. The van der Waals surface area contributed by atoms with Crippen molar-refractivity contribution < 1.29 is 37.6 Å². The zero-order valence-corrected chi connectivity index (χ0v) is 32.8. The van der Waals surface area contributed by atoms with Gasteiger partial charge in [0, 0.05) is 19.4 Å². The number of hydrogen-bond acceptors (Lipinski definition) is 8. The van der Waals surface area contributed by atoms with Crippen LogP contribution < -0.4 is 5.73 Å². The number of unbranched alkanes of at least 4 members (excludes halogenated alkanes) is 18. The lowest BCUT2D eigenvalue weighted by atomic mass is 10.0. The van der Waals surface area contributed by atoms with Crippen LogP contribution in [-0.4, -0.2) is 49.3 Å². The minimum atomic E-state index is -4.38.